The normalized spacial score (nSPS) is 10.0. The zero-order chi connectivity index (χ0) is 14.4. The molecule has 0 unspecified atom stereocenters. The number of hydrogen-bond acceptors (Lipinski definition) is 5. The highest BCUT2D eigenvalue weighted by Gasteiger charge is 2.09. The summed E-state index contributed by atoms with van der Waals surface area (Å²) >= 11 is 0. The highest BCUT2D eigenvalue weighted by Crippen LogP contribution is 2.19. The van der Waals surface area contributed by atoms with Gasteiger partial charge < -0.3 is 20.9 Å². The first kappa shape index (κ1) is 13.7. The standard InChI is InChI=1S/C14H15N3O3/c15-11-3-1-2-4-13(11)20-8-7-17-14(19)10-5-6-16-9-12(10)18/h1-6,9,18H,7-8,15H2,(H,17,19). The van der Waals surface area contributed by atoms with E-state index in [1.165, 1.54) is 18.5 Å². The van der Waals surface area contributed by atoms with E-state index in [0.29, 0.717) is 18.0 Å². The molecule has 0 fully saturated rings. The van der Waals surface area contributed by atoms with Gasteiger partial charge >= 0.3 is 0 Å². The van der Waals surface area contributed by atoms with Crippen molar-refractivity contribution in [2.75, 3.05) is 18.9 Å². The van der Waals surface area contributed by atoms with Crippen molar-refractivity contribution in [3.8, 4) is 11.5 Å². The highest BCUT2D eigenvalue weighted by atomic mass is 16.5. The molecule has 1 aromatic carbocycles. The molecular formula is C14H15N3O3. The molecule has 1 amide bonds. The van der Waals surface area contributed by atoms with Crippen LogP contribution in [0.5, 0.6) is 11.5 Å². The Kier molecular flexibility index (Phi) is 4.39. The number of rotatable bonds is 5. The van der Waals surface area contributed by atoms with Crippen LogP contribution in [-0.2, 0) is 0 Å². The van der Waals surface area contributed by atoms with Crippen molar-refractivity contribution in [2.24, 2.45) is 0 Å². The lowest BCUT2D eigenvalue weighted by atomic mass is 10.2. The first-order valence-corrected chi connectivity index (χ1v) is 6.07. The van der Waals surface area contributed by atoms with Gasteiger partial charge in [-0.15, -0.1) is 0 Å². The van der Waals surface area contributed by atoms with Gasteiger partial charge in [0.1, 0.15) is 18.1 Å². The first-order valence-electron chi connectivity index (χ1n) is 6.07. The molecule has 20 heavy (non-hydrogen) atoms. The van der Waals surface area contributed by atoms with Gasteiger partial charge in [0.25, 0.3) is 5.91 Å². The SMILES string of the molecule is Nc1ccccc1OCCNC(=O)c1ccncc1O. The summed E-state index contributed by atoms with van der Waals surface area (Å²) in [7, 11) is 0. The Balaban J connectivity index is 1.81. The number of nitrogens with two attached hydrogens (primary N) is 1. The van der Waals surface area contributed by atoms with Crippen molar-refractivity contribution in [2.45, 2.75) is 0 Å². The molecule has 0 radical (unpaired) electrons. The number of benzene rings is 1. The van der Waals surface area contributed by atoms with Crippen molar-refractivity contribution in [3.63, 3.8) is 0 Å². The number of nitrogens with one attached hydrogen (secondary N) is 1. The minimum absolute atomic E-state index is 0.154. The number of hydrogen-bond donors (Lipinski definition) is 3. The Morgan fingerprint density at radius 3 is 2.90 bits per heavy atom. The number of carbonyl (C=O) groups is 1. The number of pyridine rings is 1. The number of carbonyl (C=O) groups excluding carboxylic acids is 1. The van der Waals surface area contributed by atoms with Gasteiger partial charge in [-0.25, -0.2) is 0 Å². The number of amides is 1. The zero-order valence-corrected chi connectivity index (χ0v) is 10.7. The predicted octanol–water partition coefficient (Wildman–Crippen LogP) is 1.18. The number of nitrogens with zero attached hydrogens (tertiary/aromatic N) is 1. The Morgan fingerprint density at radius 1 is 1.35 bits per heavy atom. The molecule has 0 aliphatic heterocycles. The van der Waals surface area contributed by atoms with Gasteiger partial charge in [-0.05, 0) is 18.2 Å². The molecule has 0 bridgehead atoms. The molecule has 0 saturated carbocycles. The molecule has 6 heteroatoms. The molecule has 0 saturated heterocycles. The van der Waals surface area contributed by atoms with Gasteiger partial charge in [-0.3, -0.25) is 9.78 Å². The summed E-state index contributed by atoms with van der Waals surface area (Å²) in [5, 5.41) is 12.1. The fraction of sp³-hybridized carbons (Fsp3) is 0.143. The minimum atomic E-state index is -0.380. The zero-order valence-electron chi connectivity index (χ0n) is 10.7. The summed E-state index contributed by atoms with van der Waals surface area (Å²) in [6, 6.07) is 8.57. The monoisotopic (exact) mass is 273 g/mol. The van der Waals surface area contributed by atoms with Crippen LogP contribution in [0.15, 0.2) is 42.7 Å². The number of aromatic nitrogens is 1. The third-order valence-corrected chi connectivity index (χ3v) is 2.61. The number of ether oxygens (including phenoxy) is 1. The van der Waals surface area contributed by atoms with E-state index in [4.69, 9.17) is 10.5 Å². The highest BCUT2D eigenvalue weighted by molar-refractivity contribution is 5.96. The van der Waals surface area contributed by atoms with Gasteiger partial charge in [0.15, 0.2) is 0 Å². The van der Waals surface area contributed by atoms with Crippen LogP contribution in [0.2, 0.25) is 0 Å². The Morgan fingerprint density at radius 2 is 2.15 bits per heavy atom. The molecule has 104 valence electrons. The minimum Gasteiger partial charge on any atom is -0.505 e. The molecule has 1 heterocycles. The lowest BCUT2D eigenvalue weighted by Gasteiger charge is -2.09. The lowest BCUT2D eigenvalue weighted by molar-refractivity contribution is 0.0944. The van der Waals surface area contributed by atoms with Crippen LogP contribution < -0.4 is 15.8 Å². The van der Waals surface area contributed by atoms with E-state index in [-0.39, 0.29) is 23.8 Å². The largest absolute Gasteiger partial charge is 0.505 e. The molecule has 0 aliphatic rings. The van der Waals surface area contributed by atoms with Crippen LogP contribution in [0.3, 0.4) is 0 Å². The van der Waals surface area contributed by atoms with Crippen LogP contribution in [0.4, 0.5) is 5.69 Å². The average Bonchev–Trinajstić information content (AvgIpc) is 2.45. The third-order valence-electron chi connectivity index (χ3n) is 2.61. The molecular weight excluding hydrogens is 258 g/mol. The van der Waals surface area contributed by atoms with Gasteiger partial charge in [0, 0.05) is 6.20 Å². The van der Waals surface area contributed by atoms with Gasteiger partial charge in [0.2, 0.25) is 0 Å². The molecule has 0 atom stereocenters. The third kappa shape index (κ3) is 3.38. The Labute approximate surface area is 116 Å². The van der Waals surface area contributed by atoms with E-state index in [1.807, 2.05) is 12.1 Å². The first-order chi connectivity index (χ1) is 9.68. The summed E-state index contributed by atoms with van der Waals surface area (Å²) in [6.07, 6.45) is 2.66. The Hall–Kier alpha value is -2.76. The number of nitrogen functional groups attached to an aromatic ring is 1. The Bertz CT molecular complexity index is 602. The van der Waals surface area contributed by atoms with E-state index in [0.717, 1.165) is 0 Å². The second-order valence-corrected chi connectivity index (χ2v) is 4.04. The summed E-state index contributed by atoms with van der Waals surface area (Å²) in [5.74, 6) is 0.0428. The summed E-state index contributed by atoms with van der Waals surface area (Å²) in [5.41, 5.74) is 6.45. The van der Waals surface area contributed by atoms with Crippen LogP contribution in [-0.4, -0.2) is 29.1 Å². The van der Waals surface area contributed by atoms with E-state index >= 15 is 0 Å². The molecule has 2 rings (SSSR count). The van der Waals surface area contributed by atoms with Crippen molar-refractivity contribution >= 4 is 11.6 Å². The van der Waals surface area contributed by atoms with Crippen molar-refractivity contribution in [1.29, 1.82) is 0 Å². The molecule has 0 aliphatic carbocycles. The average molecular weight is 273 g/mol. The fourth-order valence-corrected chi connectivity index (χ4v) is 1.61. The maximum Gasteiger partial charge on any atom is 0.255 e. The summed E-state index contributed by atoms with van der Waals surface area (Å²) < 4.78 is 5.44. The molecule has 0 spiro atoms. The smallest absolute Gasteiger partial charge is 0.255 e. The van der Waals surface area contributed by atoms with Gasteiger partial charge in [0.05, 0.1) is 24.0 Å². The molecule has 1 aromatic heterocycles. The topological polar surface area (TPSA) is 97.5 Å². The quantitative estimate of drug-likeness (QED) is 0.561. The van der Waals surface area contributed by atoms with Crippen molar-refractivity contribution in [3.05, 3.63) is 48.3 Å². The van der Waals surface area contributed by atoms with E-state index < -0.39 is 0 Å². The maximum atomic E-state index is 11.8. The van der Waals surface area contributed by atoms with Gasteiger partial charge in [-0.1, -0.05) is 12.1 Å². The van der Waals surface area contributed by atoms with Crippen molar-refractivity contribution < 1.29 is 14.6 Å². The van der Waals surface area contributed by atoms with E-state index in [2.05, 4.69) is 10.3 Å². The van der Waals surface area contributed by atoms with E-state index in [1.54, 1.807) is 12.1 Å². The van der Waals surface area contributed by atoms with Crippen LogP contribution in [0.1, 0.15) is 10.4 Å². The predicted molar refractivity (Wildman–Crippen MR) is 74.6 cm³/mol. The number of para-hydroxylation sites is 2. The number of aromatic hydroxyl groups is 1. The molecule has 2 aromatic rings. The number of anilines is 1. The summed E-state index contributed by atoms with van der Waals surface area (Å²) in [4.78, 5) is 15.5. The second-order valence-electron chi connectivity index (χ2n) is 4.04. The van der Waals surface area contributed by atoms with Gasteiger partial charge in [-0.2, -0.15) is 0 Å². The van der Waals surface area contributed by atoms with Crippen LogP contribution >= 0.6 is 0 Å². The van der Waals surface area contributed by atoms with E-state index in [9.17, 15) is 9.90 Å². The maximum absolute atomic E-state index is 11.8. The summed E-state index contributed by atoms with van der Waals surface area (Å²) in [6.45, 7) is 0.584. The fourth-order valence-electron chi connectivity index (χ4n) is 1.61. The van der Waals surface area contributed by atoms with Crippen LogP contribution in [0, 0.1) is 0 Å². The second kappa shape index (κ2) is 6.42. The molecule has 6 nitrogen and oxygen atoms in total. The lowest BCUT2D eigenvalue weighted by Crippen LogP contribution is -2.28. The van der Waals surface area contributed by atoms with Crippen LogP contribution in [0.25, 0.3) is 0 Å². The molecule has 4 N–H and O–H groups in total. The van der Waals surface area contributed by atoms with Crippen molar-refractivity contribution in [1.82, 2.24) is 10.3 Å².